The summed E-state index contributed by atoms with van der Waals surface area (Å²) in [6, 6.07) is 0.619. The molecule has 5 heteroatoms. The first-order chi connectivity index (χ1) is 9.06. The minimum absolute atomic E-state index is 0.113. The van der Waals surface area contributed by atoms with E-state index in [1.807, 2.05) is 0 Å². The van der Waals surface area contributed by atoms with Crippen LogP contribution < -0.4 is 4.90 Å². The summed E-state index contributed by atoms with van der Waals surface area (Å²) < 4.78 is 0. The Morgan fingerprint density at radius 2 is 2.26 bits per heavy atom. The van der Waals surface area contributed by atoms with Crippen molar-refractivity contribution >= 4 is 16.5 Å². The van der Waals surface area contributed by atoms with Gasteiger partial charge in [0, 0.05) is 19.1 Å². The summed E-state index contributed by atoms with van der Waals surface area (Å²) >= 11 is 1.66. The maximum Gasteiger partial charge on any atom is 0.185 e. The molecule has 19 heavy (non-hydrogen) atoms. The molecule has 0 radical (unpaired) electrons. The highest BCUT2D eigenvalue weighted by Crippen LogP contribution is 2.34. The van der Waals surface area contributed by atoms with E-state index in [1.165, 1.54) is 6.42 Å². The van der Waals surface area contributed by atoms with Crippen LogP contribution in [0.15, 0.2) is 0 Å². The number of hydrogen-bond acceptors (Lipinski definition) is 5. The highest BCUT2D eigenvalue weighted by Gasteiger charge is 2.27. The monoisotopic (exact) mass is 283 g/mol. The first-order valence-corrected chi connectivity index (χ1v) is 7.90. The van der Waals surface area contributed by atoms with Crippen LogP contribution in [0.3, 0.4) is 0 Å². The minimum Gasteiger partial charge on any atom is -0.391 e. The zero-order valence-electron chi connectivity index (χ0n) is 12.4. The van der Waals surface area contributed by atoms with E-state index in [9.17, 15) is 5.11 Å². The zero-order chi connectivity index (χ0) is 14.0. The molecule has 0 aliphatic carbocycles. The number of rotatable bonds is 5. The molecule has 108 valence electrons. The summed E-state index contributed by atoms with van der Waals surface area (Å²) in [6.45, 7) is 6.59. The lowest BCUT2D eigenvalue weighted by atomic mass is 10.0. The predicted octanol–water partition coefficient (Wildman–Crippen LogP) is 2.29. The first kappa shape index (κ1) is 14.8. The van der Waals surface area contributed by atoms with Crippen molar-refractivity contribution in [2.75, 3.05) is 32.1 Å². The van der Waals surface area contributed by atoms with Crippen LogP contribution in [0, 0.1) is 0 Å². The average molecular weight is 283 g/mol. The number of aliphatic hydroxyl groups excluding tert-OH is 1. The van der Waals surface area contributed by atoms with Crippen molar-refractivity contribution in [3.63, 3.8) is 0 Å². The number of aliphatic hydroxyl groups is 1. The quantitative estimate of drug-likeness (QED) is 0.900. The van der Waals surface area contributed by atoms with Crippen molar-refractivity contribution in [3.05, 3.63) is 10.6 Å². The third kappa shape index (κ3) is 3.09. The van der Waals surface area contributed by atoms with E-state index in [0.29, 0.717) is 12.0 Å². The third-order valence-corrected chi connectivity index (χ3v) is 5.22. The molecule has 0 aromatic carbocycles. The molecule has 0 bridgehead atoms. The lowest BCUT2D eigenvalue weighted by Gasteiger charge is -2.19. The lowest BCUT2D eigenvalue weighted by Crippen LogP contribution is -2.31. The molecule has 2 heterocycles. The van der Waals surface area contributed by atoms with Gasteiger partial charge in [-0.3, -0.25) is 0 Å². The Kier molecular flexibility index (Phi) is 4.81. The molecular formula is C14H25N3OS. The van der Waals surface area contributed by atoms with E-state index >= 15 is 0 Å². The highest BCUT2D eigenvalue weighted by atomic mass is 32.1. The highest BCUT2D eigenvalue weighted by molar-refractivity contribution is 7.15. The minimum atomic E-state index is 0.113. The fourth-order valence-electron chi connectivity index (χ4n) is 2.51. The van der Waals surface area contributed by atoms with Gasteiger partial charge >= 0.3 is 0 Å². The Morgan fingerprint density at radius 3 is 2.79 bits per heavy atom. The van der Waals surface area contributed by atoms with Gasteiger partial charge in [-0.05, 0) is 32.9 Å². The molecule has 1 aliphatic heterocycles. The Labute approximate surface area is 120 Å². The van der Waals surface area contributed by atoms with Crippen LogP contribution in [-0.2, 0) is 6.61 Å². The van der Waals surface area contributed by atoms with Crippen LogP contribution in [0.1, 0.15) is 43.2 Å². The molecule has 4 nitrogen and oxygen atoms in total. The summed E-state index contributed by atoms with van der Waals surface area (Å²) in [7, 11) is 4.28. The molecular weight excluding hydrogens is 258 g/mol. The molecule has 0 saturated carbocycles. The second-order valence-corrected chi connectivity index (χ2v) is 6.69. The molecule has 1 N–H and O–H groups in total. The van der Waals surface area contributed by atoms with Crippen LogP contribution in [-0.4, -0.2) is 48.2 Å². The van der Waals surface area contributed by atoms with E-state index < -0.39 is 0 Å². The average Bonchev–Trinajstić information content (AvgIpc) is 3.03. The van der Waals surface area contributed by atoms with Gasteiger partial charge in [0.1, 0.15) is 0 Å². The SMILES string of the molecule is CCC(C)c1nc(N2CCC(N(C)C)C2)sc1CO. The number of aromatic nitrogens is 1. The molecule has 2 unspecified atom stereocenters. The summed E-state index contributed by atoms with van der Waals surface area (Å²) in [4.78, 5) is 10.5. The van der Waals surface area contributed by atoms with Crippen molar-refractivity contribution in [2.24, 2.45) is 0 Å². The van der Waals surface area contributed by atoms with E-state index in [4.69, 9.17) is 4.98 Å². The van der Waals surface area contributed by atoms with Crippen molar-refractivity contribution < 1.29 is 5.11 Å². The second-order valence-electron chi connectivity index (χ2n) is 5.62. The molecule has 1 saturated heterocycles. The standard InChI is InChI=1S/C14H25N3OS/c1-5-10(2)13-12(9-18)19-14(15-13)17-7-6-11(8-17)16(3)4/h10-11,18H,5-9H2,1-4H3. The van der Waals surface area contributed by atoms with Gasteiger partial charge < -0.3 is 14.9 Å². The molecule has 1 aliphatic rings. The molecule has 1 aromatic rings. The van der Waals surface area contributed by atoms with E-state index in [0.717, 1.165) is 35.2 Å². The van der Waals surface area contributed by atoms with Gasteiger partial charge in [-0.15, -0.1) is 0 Å². The maximum absolute atomic E-state index is 9.50. The maximum atomic E-state index is 9.50. The second kappa shape index (κ2) is 6.20. The van der Waals surface area contributed by atoms with Gasteiger partial charge in [-0.25, -0.2) is 4.98 Å². The van der Waals surface area contributed by atoms with Crippen LogP contribution in [0.5, 0.6) is 0 Å². The third-order valence-electron chi connectivity index (χ3n) is 4.10. The predicted molar refractivity (Wildman–Crippen MR) is 81.0 cm³/mol. The zero-order valence-corrected chi connectivity index (χ0v) is 13.2. The molecule has 0 spiro atoms. The summed E-state index contributed by atoms with van der Waals surface area (Å²) in [5.41, 5.74) is 1.10. The molecule has 2 rings (SSSR count). The van der Waals surface area contributed by atoms with Gasteiger partial charge in [-0.1, -0.05) is 25.2 Å². The van der Waals surface area contributed by atoms with E-state index in [-0.39, 0.29) is 6.61 Å². The fraction of sp³-hybridized carbons (Fsp3) is 0.786. The Morgan fingerprint density at radius 1 is 1.53 bits per heavy atom. The first-order valence-electron chi connectivity index (χ1n) is 7.08. The smallest absolute Gasteiger partial charge is 0.185 e. The van der Waals surface area contributed by atoms with Crippen molar-refractivity contribution in [1.29, 1.82) is 0 Å². The Balaban J connectivity index is 2.15. The molecule has 2 atom stereocenters. The van der Waals surface area contributed by atoms with E-state index in [1.54, 1.807) is 11.3 Å². The molecule has 1 aromatic heterocycles. The molecule has 0 amide bonds. The molecule has 1 fully saturated rings. The fourth-order valence-corrected chi connectivity index (χ4v) is 3.59. The van der Waals surface area contributed by atoms with Gasteiger partial charge in [0.2, 0.25) is 0 Å². The number of likely N-dealkylation sites (N-methyl/N-ethyl adjacent to an activating group) is 1. The van der Waals surface area contributed by atoms with Crippen molar-refractivity contribution in [3.8, 4) is 0 Å². The van der Waals surface area contributed by atoms with Gasteiger partial charge in [0.05, 0.1) is 17.2 Å². The topological polar surface area (TPSA) is 39.6 Å². The normalized spacial score (nSPS) is 21.4. The van der Waals surface area contributed by atoms with Crippen LogP contribution in [0.2, 0.25) is 0 Å². The summed E-state index contributed by atoms with van der Waals surface area (Å²) in [6.07, 6.45) is 2.26. The number of hydrogen-bond donors (Lipinski definition) is 1. The van der Waals surface area contributed by atoms with Gasteiger partial charge in [0.25, 0.3) is 0 Å². The summed E-state index contributed by atoms with van der Waals surface area (Å²) in [5.74, 6) is 0.430. The number of anilines is 1. The van der Waals surface area contributed by atoms with Gasteiger partial charge in [-0.2, -0.15) is 0 Å². The largest absolute Gasteiger partial charge is 0.391 e. The Hall–Kier alpha value is -0.650. The van der Waals surface area contributed by atoms with Crippen LogP contribution in [0.4, 0.5) is 5.13 Å². The van der Waals surface area contributed by atoms with E-state index in [2.05, 4.69) is 37.7 Å². The Bertz CT molecular complexity index is 419. The van der Waals surface area contributed by atoms with Crippen LogP contribution >= 0.6 is 11.3 Å². The van der Waals surface area contributed by atoms with Crippen molar-refractivity contribution in [1.82, 2.24) is 9.88 Å². The lowest BCUT2D eigenvalue weighted by molar-refractivity contribution is 0.283. The van der Waals surface area contributed by atoms with Crippen molar-refractivity contribution in [2.45, 2.75) is 45.3 Å². The number of thiazole rings is 1. The number of nitrogens with zero attached hydrogens (tertiary/aromatic N) is 3. The summed E-state index contributed by atoms with van der Waals surface area (Å²) in [5, 5.41) is 10.6. The van der Waals surface area contributed by atoms with Gasteiger partial charge in [0.15, 0.2) is 5.13 Å². The van der Waals surface area contributed by atoms with Crippen LogP contribution in [0.25, 0.3) is 0 Å².